The number of hydrogen-bond acceptors (Lipinski definition) is 10. The van der Waals surface area contributed by atoms with E-state index in [1.54, 1.807) is 0 Å². The van der Waals surface area contributed by atoms with Crippen LogP contribution in [0.25, 0.3) is 0 Å². The number of rotatable bonds is 73. The summed E-state index contributed by atoms with van der Waals surface area (Å²) in [6.45, 7) is 11.9. The Hall–Kier alpha value is -2.20. The number of esters is 4. The van der Waals surface area contributed by atoms with Crippen molar-refractivity contribution >= 4 is 23.9 Å². The Morgan fingerprint density at radius 1 is 0.186 bits per heavy atom. The summed E-state index contributed by atoms with van der Waals surface area (Å²) in [6, 6.07) is 0. The second kappa shape index (κ2) is 71.9. The lowest BCUT2D eigenvalue weighted by molar-refractivity contribution is -0.152. The first-order valence-corrected chi connectivity index (χ1v) is 38.5. The summed E-state index contributed by atoms with van der Waals surface area (Å²) in [7, 11) is 0. The van der Waals surface area contributed by atoms with E-state index in [9.17, 15) is 19.2 Å². The normalized spacial score (nSPS) is 11.6. The van der Waals surface area contributed by atoms with Crippen LogP contribution in [0.5, 0.6) is 0 Å². The van der Waals surface area contributed by atoms with Gasteiger partial charge in [-0.05, 0) is 25.7 Å². The van der Waals surface area contributed by atoms with Crippen molar-refractivity contribution in [1.29, 1.82) is 0 Å². The summed E-state index contributed by atoms with van der Waals surface area (Å²) >= 11 is 0. The lowest BCUT2D eigenvalue weighted by Gasteiger charge is -2.34. The minimum Gasteiger partial charge on any atom is -0.466 e. The van der Waals surface area contributed by atoms with Gasteiger partial charge in [0, 0.05) is 26.2 Å². The predicted octanol–water partition coefficient (Wildman–Crippen LogP) is 23.2. The summed E-state index contributed by atoms with van der Waals surface area (Å²) in [5.74, 6) is -1.09. The predicted molar refractivity (Wildman–Crippen MR) is 367 cm³/mol. The molecule has 0 rings (SSSR count). The lowest BCUT2D eigenvalue weighted by Crippen LogP contribution is -2.47. The monoisotopic (exact) mass is 1220 g/mol. The molecule has 0 saturated heterocycles. The highest BCUT2D eigenvalue weighted by Gasteiger charge is 2.22. The molecule has 0 amide bonds. The Bertz CT molecular complexity index is 1190. The van der Waals surface area contributed by atoms with Gasteiger partial charge in [-0.2, -0.15) is 0 Å². The zero-order chi connectivity index (χ0) is 62.4. The van der Waals surface area contributed by atoms with Gasteiger partial charge in [0.25, 0.3) is 0 Å². The Labute approximate surface area is 535 Å². The molecule has 0 aliphatic heterocycles. The highest BCUT2D eigenvalue weighted by Crippen LogP contribution is 2.18. The van der Waals surface area contributed by atoms with Crippen LogP contribution < -0.4 is 0 Å². The summed E-state index contributed by atoms with van der Waals surface area (Å²) in [6.07, 6.45) is 71.8. The highest BCUT2D eigenvalue weighted by molar-refractivity contribution is 5.71. The first kappa shape index (κ1) is 83.8. The fourth-order valence-corrected chi connectivity index (χ4v) is 11.9. The van der Waals surface area contributed by atoms with Crippen LogP contribution in [-0.2, 0) is 38.1 Å². The molecule has 10 nitrogen and oxygen atoms in total. The molecular formula is C76H148N2O8. The summed E-state index contributed by atoms with van der Waals surface area (Å²) in [4.78, 5) is 53.1. The van der Waals surface area contributed by atoms with Gasteiger partial charge in [0.2, 0.25) is 0 Å². The minimum atomic E-state index is -0.273. The average molecular weight is 1220 g/mol. The minimum absolute atomic E-state index is 0.135. The third kappa shape index (κ3) is 66.2. The van der Waals surface area contributed by atoms with Crippen molar-refractivity contribution in [2.45, 2.75) is 413 Å². The Morgan fingerprint density at radius 3 is 0.430 bits per heavy atom. The largest absolute Gasteiger partial charge is 0.466 e. The molecule has 0 heterocycles. The molecule has 10 heteroatoms. The first-order valence-electron chi connectivity index (χ1n) is 38.5. The maximum absolute atomic E-state index is 13.3. The van der Waals surface area contributed by atoms with Gasteiger partial charge in [-0.1, -0.05) is 362 Å². The maximum Gasteiger partial charge on any atom is 0.307 e. The molecule has 0 atom stereocenters. The molecule has 0 bridgehead atoms. The van der Waals surface area contributed by atoms with E-state index in [0.717, 1.165) is 77.0 Å². The zero-order valence-electron chi connectivity index (χ0n) is 58.2. The number of unbranched alkanes of at least 4 members (excludes halogenated alkanes) is 52. The van der Waals surface area contributed by atoms with Gasteiger partial charge >= 0.3 is 23.9 Å². The van der Waals surface area contributed by atoms with Gasteiger partial charge < -0.3 is 18.9 Å². The van der Waals surface area contributed by atoms with Crippen LogP contribution >= 0.6 is 0 Å². The zero-order valence-corrected chi connectivity index (χ0v) is 58.2. The van der Waals surface area contributed by atoms with Crippen molar-refractivity contribution in [1.82, 2.24) is 10.0 Å². The standard InChI is InChI=1S/C76H148N2O8/c1-5-9-13-17-21-25-29-33-37-41-45-49-53-57-69-83-73(79)61-65-77(66-62-74(80)84-70-58-54-50-46-42-38-34-30-26-22-18-14-10-6-2)78(67-63-75(81)85-71-59-55-51-47-43-39-35-31-27-23-19-15-11-7-3)68-64-76(82)86-72-60-56-52-48-44-40-36-32-28-24-20-16-12-8-4/h5-72H2,1-4H3. The summed E-state index contributed by atoms with van der Waals surface area (Å²) in [5.41, 5.74) is 0. The third-order valence-electron chi connectivity index (χ3n) is 17.7. The van der Waals surface area contributed by atoms with Gasteiger partial charge in [0.05, 0.1) is 52.1 Å². The third-order valence-corrected chi connectivity index (χ3v) is 17.7. The molecule has 0 saturated carbocycles. The molecule has 0 aliphatic rings. The van der Waals surface area contributed by atoms with E-state index in [1.807, 2.05) is 10.0 Å². The van der Waals surface area contributed by atoms with Crippen molar-refractivity contribution in [3.63, 3.8) is 0 Å². The van der Waals surface area contributed by atoms with Gasteiger partial charge in [-0.25, -0.2) is 10.0 Å². The molecule has 0 fully saturated rings. The molecule has 0 radical (unpaired) electrons. The van der Waals surface area contributed by atoms with E-state index in [4.69, 9.17) is 18.9 Å². The summed E-state index contributed by atoms with van der Waals surface area (Å²) in [5, 5.41) is 3.92. The quantitative estimate of drug-likeness (QED) is 0.0253. The smallest absolute Gasteiger partial charge is 0.307 e. The van der Waals surface area contributed by atoms with Crippen molar-refractivity contribution in [3.8, 4) is 0 Å². The number of ether oxygens (including phenoxy) is 4. The number of nitrogens with zero attached hydrogens (tertiary/aromatic N) is 2. The lowest BCUT2D eigenvalue weighted by atomic mass is 10.0. The summed E-state index contributed by atoms with van der Waals surface area (Å²) < 4.78 is 23.0. The van der Waals surface area contributed by atoms with Gasteiger partial charge in [-0.3, -0.25) is 19.2 Å². The van der Waals surface area contributed by atoms with E-state index in [-0.39, 0.29) is 49.6 Å². The number of hydrazine groups is 1. The molecule has 0 aromatic rings. The van der Waals surface area contributed by atoms with E-state index in [1.165, 1.54) is 283 Å². The Kier molecular flexibility index (Phi) is 70.0. The van der Waals surface area contributed by atoms with Gasteiger partial charge in [0.1, 0.15) is 0 Å². The van der Waals surface area contributed by atoms with Crippen molar-refractivity contribution in [3.05, 3.63) is 0 Å². The van der Waals surface area contributed by atoms with E-state index >= 15 is 0 Å². The molecular weight excluding hydrogens is 1070 g/mol. The Balaban J connectivity index is 5.35. The maximum atomic E-state index is 13.3. The SMILES string of the molecule is CCCCCCCCCCCCCCCCOC(=O)CCN(CCC(=O)OCCCCCCCCCCCCCCCC)N(CCC(=O)OCCCCCCCCCCCCCCCC)CCC(=O)OCCCCCCCCCCCCCCCC. The van der Waals surface area contributed by atoms with Gasteiger partial charge in [0.15, 0.2) is 0 Å². The van der Waals surface area contributed by atoms with Crippen LogP contribution in [0.2, 0.25) is 0 Å². The molecule has 0 aliphatic carbocycles. The van der Waals surface area contributed by atoms with Crippen LogP contribution in [0.3, 0.4) is 0 Å². The molecule has 0 aromatic carbocycles. The molecule has 0 spiro atoms. The second-order valence-electron chi connectivity index (χ2n) is 26.2. The second-order valence-corrected chi connectivity index (χ2v) is 26.2. The van der Waals surface area contributed by atoms with Crippen molar-refractivity contribution in [2.24, 2.45) is 0 Å². The van der Waals surface area contributed by atoms with Crippen LogP contribution in [0.1, 0.15) is 413 Å². The van der Waals surface area contributed by atoms with Crippen molar-refractivity contribution < 1.29 is 38.1 Å². The average Bonchev–Trinajstić information content (AvgIpc) is 3.60. The van der Waals surface area contributed by atoms with Crippen LogP contribution in [0.4, 0.5) is 0 Å². The molecule has 510 valence electrons. The number of hydrogen-bond donors (Lipinski definition) is 0. The molecule has 0 unspecified atom stereocenters. The Morgan fingerprint density at radius 2 is 0.302 bits per heavy atom. The molecule has 0 aromatic heterocycles. The van der Waals surface area contributed by atoms with E-state index in [0.29, 0.717) is 52.6 Å². The first-order chi connectivity index (χ1) is 42.4. The van der Waals surface area contributed by atoms with Crippen LogP contribution in [0, 0.1) is 0 Å². The topological polar surface area (TPSA) is 112 Å². The van der Waals surface area contributed by atoms with Crippen LogP contribution in [0.15, 0.2) is 0 Å². The fraction of sp³-hybridized carbons (Fsp3) is 0.947. The number of carbonyl (C=O) groups excluding carboxylic acids is 4. The van der Waals surface area contributed by atoms with E-state index < -0.39 is 0 Å². The van der Waals surface area contributed by atoms with Crippen molar-refractivity contribution in [2.75, 3.05) is 52.6 Å². The fourth-order valence-electron chi connectivity index (χ4n) is 11.9. The number of carbonyl (C=O) groups is 4. The molecule has 86 heavy (non-hydrogen) atoms. The van der Waals surface area contributed by atoms with Gasteiger partial charge in [-0.15, -0.1) is 0 Å². The van der Waals surface area contributed by atoms with E-state index in [2.05, 4.69) is 27.7 Å². The van der Waals surface area contributed by atoms with Crippen LogP contribution in [-0.4, -0.2) is 86.5 Å². The highest BCUT2D eigenvalue weighted by atomic mass is 16.5. The molecule has 0 N–H and O–H groups in total.